The number of hydrogen-bond acceptors (Lipinski definition) is 2. The largest absolute Gasteiger partial charge is 0.481 e. The Morgan fingerprint density at radius 3 is 1.71 bits per heavy atom. The van der Waals surface area contributed by atoms with Crippen molar-refractivity contribution < 1.29 is 9.90 Å². The summed E-state index contributed by atoms with van der Waals surface area (Å²) in [7, 11) is 0. The SMILES string of the molecule is CC1(C)c2ccccc2C(C)(C)C(C)(C)N1C(C)(C)C(C)(C)C(=O)O.CCC. The van der Waals surface area contributed by atoms with Crippen LogP contribution in [0.15, 0.2) is 24.3 Å². The zero-order valence-corrected chi connectivity index (χ0v) is 20.3. The lowest BCUT2D eigenvalue weighted by Crippen LogP contribution is -2.75. The molecule has 1 N–H and O–H groups in total. The van der Waals surface area contributed by atoms with Gasteiger partial charge >= 0.3 is 5.97 Å². The van der Waals surface area contributed by atoms with E-state index in [1.54, 1.807) is 0 Å². The van der Waals surface area contributed by atoms with Gasteiger partial charge in [0.05, 0.1) is 5.41 Å². The van der Waals surface area contributed by atoms with Crippen LogP contribution >= 0.6 is 0 Å². The van der Waals surface area contributed by atoms with Crippen molar-refractivity contribution in [1.82, 2.24) is 4.90 Å². The highest BCUT2D eigenvalue weighted by Crippen LogP contribution is 2.57. The Morgan fingerprint density at radius 1 is 0.929 bits per heavy atom. The van der Waals surface area contributed by atoms with Gasteiger partial charge in [-0.3, -0.25) is 9.69 Å². The summed E-state index contributed by atoms with van der Waals surface area (Å²) >= 11 is 0. The minimum absolute atomic E-state index is 0.120. The molecule has 0 aliphatic carbocycles. The third-order valence-electron chi connectivity index (χ3n) is 7.53. The highest BCUT2D eigenvalue weighted by atomic mass is 16.4. The number of carbonyl (C=O) groups is 1. The van der Waals surface area contributed by atoms with E-state index in [4.69, 9.17) is 0 Å². The Bertz CT molecular complexity index is 711. The molecule has 1 heterocycles. The van der Waals surface area contributed by atoms with Crippen molar-refractivity contribution in [3.05, 3.63) is 35.4 Å². The summed E-state index contributed by atoms with van der Waals surface area (Å²) in [6.45, 7) is 25.6. The van der Waals surface area contributed by atoms with Gasteiger partial charge in [-0.1, -0.05) is 58.4 Å². The lowest BCUT2D eigenvalue weighted by atomic mass is 9.57. The Morgan fingerprint density at radius 2 is 1.32 bits per heavy atom. The van der Waals surface area contributed by atoms with Crippen LogP contribution in [-0.2, 0) is 15.7 Å². The Kier molecular flexibility index (Phi) is 6.59. The molecular weight excluding hydrogens is 346 g/mol. The predicted octanol–water partition coefficient (Wildman–Crippen LogP) is 6.60. The van der Waals surface area contributed by atoms with Gasteiger partial charge in [0.25, 0.3) is 0 Å². The van der Waals surface area contributed by atoms with E-state index in [9.17, 15) is 9.90 Å². The van der Waals surface area contributed by atoms with Gasteiger partial charge in [0.2, 0.25) is 0 Å². The molecule has 160 valence electrons. The number of hydrogen-bond donors (Lipinski definition) is 1. The highest BCUT2D eigenvalue weighted by Gasteiger charge is 2.62. The first-order chi connectivity index (χ1) is 12.5. The first-order valence-electron chi connectivity index (χ1n) is 10.6. The summed E-state index contributed by atoms with van der Waals surface area (Å²) in [6, 6.07) is 8.62. The molecule has 0 bridgehead atoms. The first kappa shape index (κ1) is 24.7. The second kappa shape index (κ2) is 7.48. The number of rotatable bonds is 3. The van der Waals surface area contributed by atoms with Crippen LogP contribution in [-0.4, -0.2) is 27.1 Å². The van der Waals surface area contributed by atoms with Crippen LogP contribution in [0.2, 0.25) is 0 Å². The number of carboxylic acid groups (broad SMARTS) is 1. The maximum absolute atomic E-state index is 12.1. The van der Waals surface area contributed by atoms with E-state index in [1.807, 2.05) is 13.8 Å². The second-order valence-corrected chi connectivity index (χ2v) is 10.8. The second-order valence-electron chi connectivity index (χ2n) is 10.8. The third kappa shape index (κ3) is 3.40. The normalized spacial score (nSPS) is 20.6. The zero-order valence-electron chi connectivity index (χ0n) is 20.3. The van der Waals surface area contributed by atoms with Crippen LogP contribution in [0.4, 0.5) is 0 Å². The minimum atomic E-state index is -0.899. The summed E-state index contributed by atoms with van der Waals surface area (Å²) in [5.74, 6) is -0.763. The fourth-order valence-corrected chi connectivity index (χ4v) is 4.93. The molecule has 0 radical (unpaired) electrons. The average Bonchev–Trinajstić information content (AvgIpc) is 2.53. The van der Waals surface area contributed by atoms with Crippen LogP contribution in [0.3, 0.4) is 0 Å². The monoisotopic (exact) mass is 389 g/mol. The van der Waals surface area contributed by atoms with Crippen molar-refractivity contribution in [2.45, 2.75) is 112 Å². The minimum Gasteiger partial charge on any atom is -0.481 e. The van der Waals surface area contributed by atoms with Crippen LogP contribution < -0.4 is 0 Å². The quantitative estimate of drug-likeness (QED) is 0.633. The van der Waals surface area contributed by atoms with Crippen LogP contribution in [0.5, 0.6) is 0 Å². The zero-order chi connectivity index (χ0) is 22.3. The van der Waals surface area contributed by atoms with E-state index >= 15 is 0 Å². The fourth-order valence-electron chi connectivity index (χ4n) is 4.93. The van der Waals surface area contributed by atoms with Crippen molar-refractivity contribution in [3.63, 3.8) is 0 Å². The van der Waals surface area contributed by atoms with Crippen molar-refractivity contribution in [1.29, 1.82) is 0 Å². The number of fused-ring (bicyclic) bond motifs is 1. The maximum Gasteiger partial charge on any atom is 0.310 e. The van der Waals surface area contributed by atoms with Gasteiger partial charge in [0, 0.05) is 22.0 Å². The van der Waals surface area contributed by atoms with E-state index in [2.05, 4.69) is 98.4 Å². The van der Waals surface area contributed by atoms with Gasteiger partial charge in [0.1, 0.15) is 0 Å². The lowest BCUT2D eigenvalue weighted by Gasteiger charge is -2.67. The predicted molar refractivity (Wildman–Crippen MR) is 120 cm³/mol. The molecule has 1 aliphatic rings. The average molecular weight is 390 g/mol. The Hall–Kier alpha value is -1.35. The molecule has 1 aromatic carbocycles. The van der Waals surface area contributed by atoms with Crippen molar-refractivity contribution in [2.75, 3.05) is 0 Å². The molecule has 0 amide bonds. The summed E-state index contributed by atoms with van der Waals surface area (Å²) in [5, 5.41) is 9.95. The molecule has 28 heavy (non-hydrogen) atoms. The Labute approximate surface area is 173 Å². The van der Waals surface area contributed by atoms with E-state index in [0.29, 0.717) is 0 Å². The molecule has 0 fully saturated rings. The molecule has 1 aromatic rings. The lowest BCUT2D eigenvalue weighted by molar-refractivity contribution is -0.178. The molecule has 2 rings (SSSR count). The smallest absolute Gasteiger partial charge is 0.310 e. The number of aliphatic carboxylic acids is 1. The van der Waals surface area contributed by atoms with Crippen LogP contribution in [0.25, 0.3) is 0 Å². The summed E-state index contributed by atoms with van der Waals surface area (Å²) < 4.78 is 0. The van der Waals surface area contributed by atoms with E-state index in [-0.39, 0.29) is 16.5 Å². The molecule has 1 aliphatic heterocycles. The fraction of sp³-hybridized carbons (Fsp3) is 0.720. The van der Waals surface area contributed by atoms with E-state index in [0.717, 1.165) is 0 Å². The van der Waals surface area contributed by atoms with Crippen LogP contribution in [0, 0.1) is 5.41 Å². The molecule has 3 heteroatoms. The van der Waals surface area contributed by atoms with E-state index in [1.165, 1.54) is 17.5 Å². The van der Waals surface area contributed by atoms with Crippen molar-refractivity contribution in [2.24, 2.45) is 5.41 Å². The summed E-state index contributed by atoms with van der Waals surface area (Å²) in [4.78, 5) is 14.6. The van der Waals surface area contributed by atoms with Crippen molar-refractivity contribution in [3.8, 4) is 0 Å². The van der Waals surface area contributed by atoms with Gasteiger partial charge in [-0.2, -0.15) is 0 Å². The Balaban J connectivity index is 0.00000122. The third-order valence-corrected chi connectivity index (χ3v) is 7.53. The van der Waals surface area contributed by atoms with Gasteiger partial charge < -0.3 is 5.11 Å². The molecule has 0 saturated heterocycles. The molecule has 0 saturated carbocycles. The highest BCUT2D eigenvalue weighted by molar-refractivity contribution is 5.75. The standard InChI is InChI=1S/C22H35NO2.C3H8/c1-18(2)15-13-11-12-14-16(15)20(5,6)23(21(18,7)8)22(9,10)19(3,4)17(24)25;1-3-2/h11-14H,1-10H3,(H,24,25);3H2,1-2H3. The van der Waals surface area contributed by atoms with Crippen molar-refractivity contribution >= 4 is 5.97 Å². The number of benzene rings is 1. The van der Waals surface area contributed by atoms with E-state index < -0.39 is 16.9 Å². The van der Waals surface area contributed by atoms with Gasteiger partial charge in [0.15, 0.2) is 0 Å². The van der Waals surface area contributed by atoms with Gasteiger partial charge in [-0.25, -0.2) is 0 Å². The molecule has 0 unspecified atom stereocenters. The molecule has 3 nitrogen and oxygen atoms in total. The molecular formula is C25H43NO2. The molecule has 0 aromatic heterocycles. The first-order valence-corrected chi connectivity index (χ1v) is 10.6. The topological polar surface area (TPSA) is 40.5 Å². The molecule has 0 atom stereocenters. The summed E-state index contributed by atoms with van der Waals surface area (Å²) in [5.41, 5.74) is 0.539. The van der Waals surface area contributed by atoms with Gasteiger partial charge in [-0.05, 0) is 66.5 Å². The maximum atomic E-state index is 12.1. The number of nitrogens with zero attached hydrogens (tertiary/aromatic N) is 1. The summed E-state index contributed by atoms with van der Waals surface area (Å²) in [6.07, 6.45) is 1.25. The molecule has 0 spiro atoms. The number of carboxylic acids is 1. The van der Waals surface area contributed by atoms with Gasteiger partial charge in [-0.15, -0.1) is 0 Å². The van der Waals surface area contributed by atoms with Crippen LogP contribution in [0.1, 0.15) is 101 Å².